The molecule has 0 aromatic heterocycles. The van der Waals surface area contributed by atoms with Gasteiger partial charge in [-0.2, -0.15) is 0 Å². The van der Waals surface area contributed by atoms with Crippen LogP contribution in [0.15, 0.2) is 28.7 Å². The van der Waals surface area contributed by atoms with Crippen molar-refractivity contribution in [2.24, 2.45) is 5.92 Å². The van der Waals surface area contributed by atoms with Gasteiger partial charge in [0.15, 0.2) is 0 Å². The highest BCUT2D eigenvalue weighted by atomic mass is 79.9. The largest absolute Gasteiger partial charge is 0.122 e. The molecule has 0 nitrogen and oxygen atoms in total. The van der Waals surface area contributed by atoms with Gasteiger partial charge in [-0.1, -0.05) is 48.0 Å². The summed E-state index contributed by atoms with van der Waals surface area (Å²) in [6.45, 7) is 4.29. The van der Waals surface area contributed by atoms with E-state index in [4.69, 9.17) is 11.6 Å². The number of rotatable bonds is 3. The van der Waals surface area contributed by atoms with Crippen LogP contribution >= 0.6 is 27.5 Å². The van der Waals surface area contributed by atoms with E-state index >= 15 is 0 Å². The predicted octanol–water partition coefficient (Wildman–Crippen LogP) is 4.26. The van der Waals surface area contributed by atoms with Crippen LogP contribution in [0.25, 0.3) is 0 Å². The summed E-state index contributed by atoms with van der Waals surface area (Å²) in [6, 6.07) is 8.23. The second-order valence-electron chi connectivity index (χ2n) is 3.56. The third-order valence-corrected chi connectivity index (χ3v) is 3.53. The van der Waals surface area contributed by atoms with Gasteiger partial charge in [0, 0.05) is 9.85 Å². The van der Waals surface area contributed by atoms with Gasteiger partial charge in [-0.25, -0.2) is 0 Å². The lowest BCUT2D eigenvalue weighted by molar-refractivity contribution is 0.595. The van der Waals surface area contributed by atoms with Gasteiger partial charge < -0.3 is 0 Å². The summed E-state index contributed by atoms with van der Waals surface area (Å²) < 4.78 is 1.15. The summed E-state index contributed by atoms with van der Waals surface area (Å²) in [7, 11) is 0. The van der Waals surface area contributed by atoms with Crippen LogP contribution in [0, 0.1) is 5.92 Å². The molecule has 1 unspecified atom stereocenters. The minimum absolute atomic E-state index is 0.221. The Hall–Kier alpha value is -0.0100. The molecule has 1 rings (SSSR count). The molecule has 0 saturated carbocycles. The van der Waals surface area contributed by atoms with Crippen molar-refractivity contribution in [3.8, 4) is 0 Å². The molecule has 0 bridgehead atoms. The number of halogens is 2. The van der Waals surface area contributed by atoms with Crippen molar-refractivity contribution in [2.45, 2.75) is 25.6 Å². The summed E-state index contributed by atoms with van der Waals surface area (Å²) in [5, 5.41) is 0.221. The zero-order valence-corrected chi connectivity index (χ0v) is 10.3. The first-order valence-electron chi connectivity index (χ1n) is 4.48. The standard InChI is InChI=1S/C11H14BrCl/c1-8(2)11(13)7-9-5-3-4-6-10(9)12/h3-6,8,11H,7H2,1-2H3. The lowest BCUT2D eigenvalue weighted by Crippen LogP contribution is -2.11. The first kappa shape index (κ1) is 11.1. The summed E-state index contributed by atoms with van der Waals surface area (Å²) in [4.78, 5) is 0. The van der Waals surface area contributed by atoms with E-state index in [1.807, 2.05) is 12.1 Å². The SMILES string of the molecule is CC(C)C(Cl)Cc1ccccc1Br. The van der Waals surface area contributed by atoms with E-state index in [9.17, 15) is 0 Å². The van der Waals surface area contributed by atoms with Gasteiger partial charge in [0.1, 0.15) is 0 Å². The third-order valence-electron chi connectivity index (χ3n) is 2.10. The van der Waals surface area contributed by atoms with E-state index in [2.05, 4.69) is 41.9 Å². The maximum absolute atomic E-state index is 6.20. The lowest BCUT2D eigenvalue weighted by Gasteiger charge is -2.13. The first-order chi connectivity index (χ1) is 6.11. The lowest BCUT2D eigenvalue weighted by atomic mass is 10.0. The van der Waals surface area contributed by atoms with Gasteiger partial charge in [0.25, 0.3) is 0 Å². The minimum Gasteiger partial charge on any atom is -0.122 e. The van der Waals surface area contributed by atoms with Crippen molar-refractivity contribution in [1.82, 2.24) is 0 Å². The van der Waals surface area contributed by atoms with Crippen LogP contribution < -0.4 is 0 Å². The molecule has 0 fully saturated rings. The molecule has 0 aliphatic carbocycles. The highest BCUT2D eigenvalue weighted by Gasteiger charge is 2.11. The Bertz CT molecular complexity index is 271. The van der Waals surface area contributed by atoms with E-state index < -0.39 is 0 Å². The van der Waals surface area contributed by atoms with Gasteiger partial charge >= 0.3 is 0 Å². The van der Waals surface area contributed by atoms with Gasteiger partial charge in [0.05, 0.1) is 0 Å². The summed E-state index contributed by atoms with van der Waals surface area (Å²) in [5.41, 5.74) is 1.29. The summed E-state index contributed by atoms with van der Waals surface area (Å²) in [6.07, 6.45) is 0.931. The van der Waals surface area contributed by atoms with Crippen LogP contribution in [-0.4, -0.2) is 5.38 Å². The molecular weight excluding hydrogens is 247 g/mol. The maximum atomic E-state index is 6.20. The maximum Gasteiger partial charge on any atom is 0.0399 e. The molecule has 0 N–H and O–H groups in total. The molecule has 1 atom stereocenters. The Labute approximate surface area is 93.4 Å². The van der Waals surface area contributed by atoms with Crippen molar-refractivity contribution in [1.29, 1.82) is 0 Å². The third kappa shape index (κ3) is 3.32. The molecule has 0 saturated heterocycles. The Morgan fingerprint density at radius 2 is 1.92 bits per heavy atom. The zero-order chi connectivity index (χ0) is 9.84. The van der Waals surface area contributed by atoms with Crippen molar-refractivity contribution in [3.05, 3.63) is 34.3 Å². The minimum atomic E-state index is 0.221. The van der Waals surface area contributed by atoms with Gasteiger partial charge in [-0.05, 0) is 24.0 Å². The highest BCUT2D eigenvalue weighted by molar-refractivity contribution is 9.10. The average Bonchev–Trinajstić information content (AvgIpc) is 2.08. The van der Waals surface area contributed by atoms with Crippen LogP contribution in [0.5, 0.6) is 0 Å². The fourth-order valence-corrected chi connectivity index (χ4v) is 1.72. The van der Waals surface area contributed by atoms with Crippen LogP contribution in [0.1, 0.15) is 19.4 Å². The van der Waals surface area contributed by atoms with E-state index in [1.165, 1.54) is 5.56 Å². The Balaban J connectivity index is 2.69. The fraction of sp³-hybridized carbons (Fsp3) is 0.455. The van der Waals surface area contributed by atoms with Crippen molar-refractivity contribution >= 4 is 27.5 Å². The zero-order valence-electron chi connectivity index (χ0n) is 7.93. The summed E-state index contributed by atoms with van der Waals surface area (Å²) >= 11 is 9.72. The van der Waals surface area contributed by atoms with Crippen LogP contribution in [0.4, 0.5) is 0 Å². The number of hydrogen-bond acceptors (Lipinski definition) is 0. The quantitative estimate of drug-likeness (QED) is 0.714. The monoisotopic (exact) mass is 260 g/mol. The number of alkyl halides is 1. The van der Waals surface area contributed by atoms with Gasteiger partial charge in [0.2, 0.25) is 0 Å². The Morgan fingerprint density at radius 1 is 1.31 bits per heavy atom. The first-order valence-corrected chi connectivity index (χ1v) is 5.71. The topological polar surface area (TPSA) is 0 Å². The molecule has 0 amide bonds. The second kappa shape index (κ2) is 5.02. The molecule has 0 heterocycles. The number of benzene rings is 1. The van der Waals surface area contributed by atoms with Crippen LogP contribution in [-0.2, 0) is 6.42 Å². The normalized spacial score (nSPS) is 13.3. The molecule has 1 aromatic rings. The molecule has 2 heteroatoms. The highest BCUT2D eigenvalue weighted by Crippen LogP contribution is 2.22. The van der Waals surface area contributed by atoms with Gasteiger partial charge in [-0.3, -0.25) is 0 Å². The molecule has 13 heavy (non-hydrogen) atoms. The number of hydrogen-bond donors (Lipinski definition) is 0. The molecule has 0 aliphatic heterocycles. The fourth-order valence-electron chi connectivity index (χ4n) is 1.11. The molecular formula is C11H14BrCl. The van der Waals surface area contributed by atoms with Crippen LogP contribution in [0.3, 0.4) is 0 Å². The Kier molecular flexibility index (Phi) is 4.27. The van der Waals surface area contributed by atoms with E-state index in [0.29, 0.717) is 5.92 Å². The van der Waals surface area contributed by atoms with E-state index in [0.717, 1.165) is 10.9 Å². The average molecular weight is 262 g/mol. The molecule has 0 aliphatic rings. The van der Waals surface area contributed by atoms with Crippen molar-refractivity contribution in [2.75, 3.05) is 0 Å². The smallest absolute Gasteiger partial charge is 0.0399 e. The molecule has 0 spiro atoms. The van der Waals surface area contributed by atoms with Gasteiger partial charge in [-0.15, -0.1) is 11.6 Å². The van der Waals surface area contributed by atoms with Crippen LogP contribution in [0.2, 0.25) is 0 Å². The Morgan fingerprint density at radius 3 is 2.46 bits per heavy atom. The summed E-state index contributed by atoms with van der Waals surface area (Å²) in [5.74, 6) is 0.522. The predicted molar refractivity (Wildman–Crippen MR) is 62.3 cm³/mol. The molecule has 1 aromatic carbocycles. The van der Waals surface area contributed by atoms with Crippen molar-refractivity contribution in [3.63, 3.8) is 0 Å². The molecule has 72 valence electrons. The van der Waals surface area contributed by atoms with E-state index in [1.54, 1.807) is 0 Å². The second-order valence-corrected chi connectivity index (χ2v) is 4.97. The molecule has 0 radical (unpaired) electrons. The van der Waals surface area contributed by atoms with Crippen molar-refractivity contribution < 1.29 is 0 Å². The van der Waals surface area contributed by atoms with E-state index in [-0.39, 0.29) is 5.38 Å².